The van der Waals surface area contributed by atoms with Crippen LogP contribution < -0.4 is 10.5 Å². The van der Waals surface area contributed by atoms with Crippen molar-refractivity contribution >= 4 is 5.84 Å². The van der Waals surface area contributed by atoms with E-state index in [2.05, 4.69) is 13.8 Å². The van der Waals surface area contributed by atoms with E-state index < -0.39 is 5.82 Å². The molecule has 3 nitrogen and oxygen atoms in total. The number of ether oxygens (including phenoxy) is 1. The van der Waals surface area contributed by atoms with Crippen LogP contribution in [0.25, 0.3) is 0 Å². The third kappa shape index (κ3) is 3.81. The number of para-hydroxylation sites is 1. The molecule has 0 fully saturated rings. The van der Waals surface area contributed by atoms with Gasteiger partial charge in [-0.3, -0.25) is 5.41 Å². The van der Waals surface area contributed by atoms with Gasteiger partial charge in [0.2, 0.25) is 0 Å². The molecule has 0 aliphatic rings. The van der Waals surface area contributed by atoms with Gasteiger partial charge in [0.1, 0.15) is 24.0 Å². The van der Waals surface area contributed by atoms with Crippen molar-refractivity contribution in [1.82, 2.24) is 0 Å². The van der Waals surface area contributed by atoms with Crippen LogP contribution in [0.2, 0.25) is 0 Å². The van der Waals surface area contributed by atoms with Gasteiger partial charge in [0, 0.05) is 5.56 Å². The number of amidine groups is 1. The van der Waals surface area contributed by atoms with Gasteiger partial charge >= 0.3 is 0 Å². The molecule has 2 rings (SSSR count). The molecule has 0 heterocycles. The highest BCUT2D eigenvalue weighted by Gasteiger charge is 2.08. The second-order valence-electron chi connectivity index (χ2n) is 5.24. The summed E-state index contributed by atoms with van der Waals surface area (Å²) in [4.78, 5) is 0. The summed E-state index contributed by atoms with van der Waals surface area (Å²) in [5.41, 5.74) is 7.53. The Labute approximate surface area is 124 Å². The van der Waals surface area contributed by atoms with Crippen molar-refractivity contribution in [2.75, 3.05) is 0 Å². The first-order valence-electron chi connectivity index (χ1n) is 6.83. The Morgan fingerprint density at radius 3 is 2.62 bits per heavy atom. The summed E-state index contributed by atoms with van der Waals surface area (Å²) in [6.45, 7) is 4.43. The average molecular weight is 286 g/mol. The fourth-order valence-electron chi connectivity index (χ4n) is 2.14. The molecule has 0 aliphatic heterocycles. The smallest absolute Gasteiger partial charge is 0.124 e. The van der Waals surface area contributed by atoms with Gasteiger partial charge in [-0.1, -0.05) is 32.0 Å². The van der Waals surface area contributed by atoms with E-state index in [1.807, 2.05) is 24.3 Å². The van der Waals surface area contributed by atoms with Gasteiger partial charge in [-0.25, -0.2) is 4.39 Å². The Morgan fingerprint density at radius 2 is 1.95 bits per heavy atom. The number of rotatable bonds is 5. The lowest BCUT2D eigenvalue weighted by molar-refractivity contribution is 0.301. The Kier molecular flexibility index (Phi) is 4.58. The predicted molar refractivity (Wildman–Crippen MR) is 82.3 cm³/mol. The molecule has 0 bridgehead atoms. The van der Waals surface area contributed by atoms with Gasteiger partial charge in [-0.05, 0) is 41.3 Å². The molecule has 0 amide bonds. The Hall–Kier alpha value is -2.36. The molecule has 0 spiro atoms. The molecule has 21 heavy (non-hydrogen) atoms. The van der Waals surface area contributed by atoms with Crippen molar-refractivity contribution in [1.29, 1.82) is 5.41 Å². The number of halogens is 1. The van der Waals surface area contributed by atoms with E-state index in [1.165, 1.54) is 12.1 Å². The topological polar surface area (TPSA) is 59.1 Å². The van der Waals surface area contributed by atoms with Crippen molar-refractivity contribution in [3.63, 3.8) is 0 Å². The molecule has 0 radical (unpaired) electrons. The molecule has 0 atom stereocenters. The first kappa shape index (κ1) is 15.0. The van der Waals surface area contributed by atoms with E-state index in [4.69, 9.17) is 15.9 Å². The molecule has 0 aliphatic carbocycles. The van der Waals surface area contributed by atoms with Gasteiger partial charge in [-0.2, -0.15) is 0 Å². The number of nitrogens with two attached hydrogens (primary N) is 1. The van der Waals surface area contributed by atoms with Crippen LogP contribution in [0, 0.1) is 11.2 Å². The molecular weight excluding hydrogens is 267 g/mol. The largest absolute Gasteiger partial charge is 0.489 e. The Balaban J connectivity index is 2.19. The molecule has 0 aromatic heterocycles. The summed E-state index contributed by atoms with van der Waals surface area (Å²) in [5, 5.41) is 7.39. The van der Waals surface area contributed by atoms with E-state index >= 15 is 0 Å². The maximum absolute atomic E-state index is 13.5. The molecule has 2 aromatic rings. The maximum Gasteiger partial charge on any atom is 0.124 e. The van der Waals surface area contributed by atoms with E-state index in [9.17, 15) is 4.39 Å². The molecule has 4 heteroatoms. The van der Waals surface area contributed by atoms with Crippen molar-refractivity contribution < 1.29 is 9.13 Å². The minimum Gasteiger partial charge on any atom is -0.489 e. The number of nitrogen functional groups attached to an aromatic ring is 1. The molecule has 0 saturated carbocycles. The summed E-state index contributed by atoms with van der Waals surface area (Å²) in [7, 11) is 0. The summed E-state index contributed by atoms with van der Waals surface area (Å²) in [5.74, 6) is 0.569. The lowest BCUT2D eigenvalue weighted by Crippen LogP contribution is -2.12. The number of hydrogen-bond acceptors (Lipinski definition) is 2. The number of nitrogens with one attached hydrogen (secondary N) is 1. The molecule has 110 valence electrons. The third-order valence-corrected chi connectivity index (χ3v) is 3.20. The monoisotopic (exact) mass is 286 g/mol. The molecule has 2 aromatic carbocycles. The van der Waals surface area contributed by atoms with Gasteiger partial charge in [0.15, 0.2) is 0 Å². The SMILES string of the molecule is CC(C)c1ccccc1OCc1cc(F)cc(C(=N)N)c1. The minimum absolute atomic E-state index is 0.154. The normalized spacial score (nSPS) is 10.7. The number of benzene rings is 2. The molecule has 0 saturated heterocycles. The van der Waals surface area contributed by atoms with Gasteiger partial charge in [0.25, 0.3) is 0 Å². The lowest BCUT2D eigenvalue weighted by Gasteiger charge is -2.14. The second-order valence-corrected chi connectivity index (χ2v) is 5.24. The standard InChI is InChI=1S/C17H19FN2O/c1-11(2)15-5-3-4-6-16(15)21-10-12-7-13(17(19)20)9-14(18)8-12/h3-9,11H,10H2,1-2H3,(H3,19,20). The van der Waals surface area contributed by atoms with Crippen LogP contribution in [-0.2, 0) is 6.61 Å². The van der Waals surface area contributed by atoms with E-state index in [0.29, 0.717) is 17.0 Å². The molecule has 3 N–H and O–H groups in total. The van der Waals surface area contributed by atoms with Crippen molar-refractivity contribution in [3.8, 4) is 5.75 Å². The zero-order valence-corrected chi connectivity index (χ0v) is 12.2. The molecule has 0 unspecified atom stereocenters. The predicted octanol–water partition coefficient (Wildman–Crippen LogP) is 3.81. The highest BCUT2D eigenvalue weighted by atomic mass is 19.1. The first-order chi connectivity index (χ1) is 9.97. The van der Waals surface area contributed by atoms with E-state index in [0.717, 1.165) is 11.3 Å². The highest BCUT2D eigenvalue weighted by Crippen LogP contribution is 2.26. The summed E-state index contributed by atoms with van der Waals surface area (Å²) in [6, 6.07) is 12.1. The van der Waals surface area contributed by atoms with Gasteiger partial charge < -0.3 is 10.5 Å². The lowest BCUT2D eigenvalue weighted by atomic mass is 10.0. The van der Waals surface area contributed by atoms with Crippen LogP contribution in [0.4, 0.5) is 4.39 Å². The van der Waals surface area contributed by atoms with Gasteiger partial charge in [-0.15, -0.1) is 0 Å². The minimum atomic E-state index is -0.418. The highest BCUT2D eigenvalue weighted by molar-refractivity contribution is 5.95. The quantitative estimate of drug-likeness (QED) is 0.648. The van der Waals surface area contributed by atoms with E-state index in [1.54, 1.807) is 6.07 Å². The van der Waals surface area contributed by atoms with Crippen LogP contribution in [0.1, 0.15) is 36.5 Å². The fraction of sp³-hybridized carbons (Fsp3) is 0.235. The van der Waals surface area contributed by atoms with E-state index in [-0.39, 0.29) is 12.4 Å². The summed E-state index contributed by atoms with van der Waals surface area (Å²) in [6.07, 6.45) is 0. The van der Waals surface area contributed by atoms with Crippen molar-refractivity contribution in [2.24, 2.45) is 5.73 Å². The van der Waals surface area contributed by atoms with Crippen molar-refractivity contribution in [2.45, 2.75) is 26.4 Å². The van der Waals surface area contributed by atoms with Crippen LogP contribution in [-0.4, -0.2) is 5.84 Å². The second kappa shape index (κ2) is 6.39. The van der Waals surface area contributed by atoms with Gasteiger partial charge in [0.05, 0.1) is 0 Å². The van der Waals surface area contributed by atoms with Crippen LogP contribution in [0.15, 0.2) is 42.5 Å². The van der Waals surface area contributed by atoms with Crippen LogP contribution >= 0.6 is 0 Å². The fourth-order valence-corrected chi connectivity index (χ4v) is 2.14. The zero-order valence-electron chi connectivity index (χ0n) is 12.2. The summed E-state index contributed by atoms with van der Waals surface area (Å²) >= 11 is 0. The Bertz CT molecular complexity index is 653. The molecular formula is C17H19FN2O. The Morgan fingerprint density at radius 1 is 1.24 bits per heavy atom. The zero-order chi connectivity index (χ0) is 15.4. The van der Waals surface area contributed by atoms with Crippen molar-refractivity contribution in [3.05, 3.63) is 65.0 Å². The first-order valence-corrected chi connectivity index (χ1v) is 6.83. The average Bonchev–Trinajstić information content (AvgIpc) is 2.44. The van der Waals surface area contributed by atoms with Crippen LogP contribution in [0.5, 0.6) is 5.75 Å². The maximum atomic E-state index is 13.5. The number of hydrogen-bond donors (Lipinski definition) is 2. The third-order valence-electron chi connectivity index (χ3n) is 3.20. The summed E-state index contributed by atoms with van der Waals surface area (Å²) < 4.78 is 19.3. The van der Waals surface area contributed by atoms with Crippen LogP contribution in [0.3, 0.4) is 0 Å².